The van der Waals surface area contributed by atoms with Crippen molar-refractivity contribution in [3.8, 4) is 0 Å². The minimum absolute atomic E-state index is 0.236. The van der Waals surface area contributed by atoms with Crippen LogP contribution in [0.25, 0.3) is 0 Å². The molecule has 5 rings (SSSR count). The highest BCUT2D eigenvalue weighted by atomic mass is 16.5. The number of methoxy groups -OCH3 is 1. The number of hydrogen-bond donors (Lipinski definition) is 0. The SMILES string of the molecule is CCCCC(C)O[C@@]12C[C@@H]1C[C@H]1[C@@H]3CCC4=C(CC=C(OC)C4)[C@H]3CC[C@@]12C. The molecule has 0 aliphatic heterocycles. The van der Waals surface area contributed by atoms with Crippen molar-refractivity contribution in [2.75, 3.05) is 7.11 Å². The third-order valence-corrected chi connectivity index (χ3v) is 9.64. The van der Waals surface area contributed by atoms with E-state index in [0.29, 0.717) is 11.5 Å². The van der Waals surface area contributed by atoms with Gasteiger partial charge >= 0.3 is 0 Å². The van der Waals surface area contributed by atoms with Crippen LogP contribution >= 0.6 is 0 Å². The Morgan fingerprint density at radius 3 is 2.93 bits per heavy atom. The Balaban J connectivity index is 1.34. The molecule has 0 bridgehead atoms. The van der Waals surface area contributed by atoms with E-state index in [1.165, 1.54) is 63.5 Å². The minimum atomic E-state index is 0.236. The molecule has 0 heterocycles. The quantitative estimate of drug-likeness (QED) is 0.468. The summed E-state index contributed by atoms with van der Waals surface area (Å²) in [5.74, 6) is 4.71. The van der Waals surface area contributed by atoms with E-state index < -0.39 is 0 Å². The number of hydrogen-bond acceptors (Lipinski definition) is 2. The third kappa shape index (κ3) is 2.69. The van der Waals surface area contributed by atoms with Gasteiger partial charge in [-0.3, -0.25) is 0 Å². The summed E-state index contributed by atoms with van der Waals surface area (Å²) in [5.41, 5.74) is 4.21. The summed E-state index contributed by atoms with van der Waals surface area (Å²) in [6.07, 6.45) is 17.2. The number of allylic oxidation sites excluding steroid dienone is 3. The van der Waals surface area contributed by atoms with Crippen molar-refractivity contribution >= 4 is 0 Å². The highest BCUT2D eigenvalue weighted by Gasteiger charge is 2.75. The van der Waals surface area contributed by atoms with Crippen LogP contribution in [0.3, 0.4) is 0 Å². The summed E-state index contributed by atoms with van der Waals surface area (Å²) in [4.78, 5) is 0. The average Bonchev–Trinajstić information content (AvgIpc) is 3.35. The number of rotatable bonds is 6. The molecule has 7 atom stereocenters. The lowest BCUT2D eigenvalue weighted by Crippen LogP contribution is -2.49. The maximum atomic E-state index is 6.92. The zero-order valence-electron chi connectivity index (χ0n) is 18.6. The topological polar surface area (TPSA) is 18.5 Å². The summed E-state index contributed by atoms with van der Waals surface area (Å²) >= 11 is 0. The predicted octanol–water partition coefficient (Wildman–Crippen LogP) is 6.81. The summed E-state index contributed by atoms with van der Waals surface area (Å²) in [5, 5.41) is 0. The van der Waals surface area contributed by atoms with Crippen molar-refractivity contribution in [2.24, 2.45) is 29.1 Å². The molecule has 28 heavy (non-hydrogen) atoms. The zero-order chi connectivity index (χ0) is 19.5. The van der Waals surface area contributed by atoms with Gasteiger partial charge in [-0.2, -0.15) is 0 Å². The van der Waals surface area contributed by atoms with Crippen molar-refractivity contribution < 1.29 is 9.47 Å². The second-order valence-corrected chi connectivity index (χ2v) is 10.9. The first-order valence-electron chi connectivity index (χ1n) is 12.1. The van der Waals surface area contributed by atoms with Crippen molar-refractivity contribution in [2.45, 2.75) is 103 Å². The van der Waals surface area contributed by atoms with E-state index in [0.717, 1.165) is 36.5 Å². The first kappa shape index (κ1) is 19.2. The summed E-state index contributed by atoms with van der Waals surface area (Å²) in [6.45, 7) is 7.25. The third-order valence-electron chi connectivity index (χ3n) is 9.64. The van der Waals surface area contributed by atoms with Gasteiger partial charge in [-0.05, 0) is 88.0 Å². The molecule has 0 aromatic carbocycles. The molecule has 0 N–H and O–H groups in total. The van der Waals surface area contributed by atoms with Crippen LogP contribution in [0.15, 0.2) is 23.0 Å². The second-order valence-electron chi connectivity index (χ2n) is 10.9. The number of fused-ring (bicyclic) bond motifs is 6. The van der Waals surface area contributed by atoms with Gasteiger partial charge in [0.15, 0.2) is 0 Å². The van der Waals surface area contributed by atoms with Crippen LogP contribution < -0.4 is 0 Å². The Morgan fingerprint density at radius 1 is 1.29 bits per heavy atom. The van der Waals surface area contributed by atoms with Crippen LogP contribution in [0.4, 0.5) is 0 Å². The molecule has 0 radical (unpaired) electrons. The van der Waals surface area contributed by atoms with E-state index in [2.05, 4.69) is 26.8 Å². The molecule has 0 aromatic heterocycles. The lowest BCUT2D eigenvalue weighted by molar-refractivity contribution is -0.129. The molecule has 0 spiro atoms. The van der Waals surface area contributed by atoms with Crippen LogP contribution in [0.5, 0.6) is 0 Å². The Labute approximate surface area is 172 Å². The van der Waals surface area contributed by atoms with Crippen molar-refractivity contribution in [1.82, 2.24) is 0 Å². The van der Waals surface area contributed by atoms with Crippen LogP contribution in [0, 0.1) is 29.1 Å². The number of unbranched alkanes of at least 4 members (excludes halogenated alkanes) is 1. The highest BCUT2D eigenvalue weighted by molar-refractivity contribution is 5.34. The molecule has 3 saturated carbocycles. The molecule has 5 aliphatic carbocycles. The Bertz CT molecular complexity index is 691. The molecule has 0 saturated heterocycles. The lowest BCUT2D eigenvalue weighted by Gasteiger charge is -2.53. The van der Waals surface area contributed by atoms with Gasteiger partial charge in [0.05, 0.1) is 24.6 Å². The zero-order valence-corrected chi connectivity index (χ0v) is 18.6. The van der Waals surface area contributed by atoms with Gasteiger partial charge < -0.3 is 9.47 Å². The van der Waals surface area contributed by atoms with Gasteiger partial charge in [-0.1, -0.05) is 37.8 Å². The van der Waals surface area contributed by atoms with Crippen LogP contribution in [-0.4, -0.2) is 18.8 Å². The second kappa shape index (κ2) is 6.89. The molecule has 2 nitrogen and oxygen atoms in total. The summed E-state index contributed by atoms with van der Waals surface area (Å²) in [7, 11) is 1.83. The van der Waals surface area contributed by atoms with E-state index >= 15 is 0 Å². The molecular formula is C26H40O2. The van der Waals surface area contributed by atoms with Gasteiger partial charge in [-0.25, -0.2) is 0 Å². The molecule has 2 heteroatoms. The maximum Gasteiger partial charge on any atom is 0.0959 e. The largest absolute Gasteiger partial charge is 0.501 e. The molecule has 156 valence electrons. The number of ether oxygens (including phenoxy) is 2. The van der Waals surface area contributed by atoms with Crippen molar-refractivity contribution in [3.63, 3.8) is 0 Å². The van der Waals surface area contributed by atoms with Gasteiger partial charge in [0.25, 0.3) is 0 Å². The first-order chi connectivity index (χ1) is 13.5. The van der Waals surface area contributed by atoms with Crippen LogP contribution in [-0.2, 0) is 9.47 Å². The van der Waals surface area contributed by atoms with E-state index in [1.807, 2.05) is 12.7 Å². The predicted molar refractivity (Wildman–Crippen MR) is 114 cm³/mol. The molecular weight excluding hydrogens is 344 g/mol. The molecule has 0 amide bonds. The van der Waals surface area contributed by atoms with Crippen molar-refractivity contribution in [1.29, 1.82) is 0 Å². The molecule has 3 fully saturated rings. The Kier molecular flexibility index (Phi) is 4.73. The van der Waals surface area contributed by atoms with Gasteiger partial charge in [-0.15, -0.1) is 0 Å². The monoisotopic (exact) mass is 384 g/mol. The smallest absolute Gasteiger partial charge is 0.0959 e. The minimum Gasteiger partial charge on any atom is -0.501 e. The van der Waals surface area contributed by atoms with E-state index in [9.17, 15) is 0 Å². The molecule has 5 aliphatic rings. The Morgan fingerprint density at radius 2 is 2.14 bits per heavy atom. The molecule has 0 aromatic rings. The standard InChI is InChI=1S/C26H40O2/c1-5-6-7-17(2)28-26-16-19(26)15-24-23-10-8-18-14-20(27-4)9-11-21(18)22(23)12-13-25(24,26)3/h9,17,19,22-24H,5-8,10-16H2,1-4H3/t17?,19-,22+,23+,24-,25-,26-/m0/s1. The molecule has 1 unspecified atom stereocenters. The first-order valence-corrected chi connectivity index (χ1v) is 12.1. The summed E-state index contributed by atoms with van der Waals surface area (Å²) < 4.78 is 12.5. The fraction of sp³-hybridized carbons (Fsp3) is 0.846. The van der Waals surface area contributed by atoms with Crippen molar-refractivity contribution in [3.05, 3.63) is 23.0 Å². The van der Waals surface area contributed by atoms with Crippen LogP contribution in [0.2, 0.25) is 0 Å². The fourth-order valence-electron chi connectivity index (χ4n) is 8.10. The van der Waals surface area contributed by atoms with E-state index in [-0.39, 0.29) is 5.60 Å². The normalized spacial score (nSPS) is 44.8. The van der Waals surface area contributed by atoms with Gasteiger partial charge in [0.2, 0.25) is 0 Å². The van der Waals surface area contributed by atoms with E-state index in [4.69, 9.17) is 9.47 Å². The maximum absolute atomic E-state index is 6.92. The highest BCUT2D eigenvalue weighted by Crippen LogP contribution is 2.76. The average molecular weight is 385 g/mol. The Hall–Kier alpha value is -0.760. The van der Waals surface area contributed by atoms with Gasteiger partial charge in [0, 0.05) is 11.8 Å². The lowest BCUT2D eigenvalue weighted by atomic mass is 9.53. The van der Waals surface area contributed by atoms with Gasteiger partial charge in [0.1, 0.15) is 0 Å². The summed E-state index contributed by atoms with van der Waals surface area (Å²) in [6, 6.07) is 0. The van der Waals surface area contributed by atoms with Crippen LogP contribution in [0.1, 0.15) is 91.4 Å². The fourth-order valence-corrected chi connectivity index (χ4v) is 8.10. The van der Waals surface area contributed by atoms with E-state index in [1.54, 1.807) is 5.57 Å².